The van der Waals surface area contributed by atoms with Gasteiger partial charge in [-0.25, -0.2) is 0 Å². The number of amides is 1. The normalized spacial score (nSPS) is 18.7. The number of rotatable bonds is 5. The summed E-state index contributed by atoms with van der Waals surface area (Å²) < 4.78 is 11.9. The molecule has 1 fully saturated rings. The van der Waals surface area contributed by atoms with Gasteiger partial charge in [-0.1, -0.05) is 48.9 Å². The van der Waals surface area contributed by atoms with Crippen molar-refractivity contribution < 1.29 is 13.9 Å². The molecule has 1 unspecified atom stereocenters. The molecule has 2 aromatic carbocycles. The number of hydrogen-bond donors (Lipinski definition) is 1. The third-order valence-electron chi connectivity index (χ3n) is 5.44. The first-order valence-electron chi connectivity index (χ1n) is 9.38. The van der Waals surface area contributed by atoms with Gasteiger partial charge in [0.25, 0.3) is 5.91 Å². The molecule has 29 heavy (non-hydrogen) atoms. The van der Waals surface area contributed by atoms with Crippen LogP contribution in [0.3, 0.4) is 0 Å². The van der Waals surface area contributed by atoms with Crippen LogP contribution >= 0.6 is 24.0 Å². The van der Waals surface area contributed by atoms with E-state index in [9.17, 15) is 4.79 Å². The smallest absolute Gasteiger partial charge is 0.290 e. The van der Waals surface area contributed by atoms with E-state index in [4.69, 9.17) is 26.5 Å². The minimum absolute atomic E-state index is 0. The predicted octanol–water partition coefficient (Wildman–Crippen LogP) is 4.90. The van der Waals surface area contributed by atoms with Crippen LogP contribution in [0.2, 0.25) is 5.02 Å². The highest BCUT2D eigenvalue weighted by Crippen LogP contribution is 2.33. The van der Waals surface area contributed by atoms with Crippen LogP contribution in [0.4, 0.5) is 0 Å². The molecule has 3 aromatic rings. The number of furan rings is 1. The molecular formula is C22H24Cl2N2O3. The monoisotopic (exact) mass is 434 g/mol. The fourth-order valence-corrected chi connectivity index (χ4v) is 3.82. The van der Waals surface area contributed by atoms with Crippen molar-refractivity contribution in [2.75, 3.05) is 19.6 Å². The topological polar surface area (TPSA) is 68.7 Å². The summed E-state index contributed by atoms with van der Waals surface area (Å²) in [6, 6.07) is 14.9. The van der Waals surface area contributed by atoms with Crippen molar-refractivity contribution in [3.63, 3.8) is 0 Å². The molecule has 2 N–H and O–H groups in total. The fraction of sp³-hybridized carbons (Fsp3) is 0.318. The molecule has 1 aromatic heterocycles. The molecule has 0 spiro atoms. The number of nitrogens with two attached hydrogens (primary N) is 1. The summed E-state index contributed by atoms with van der Waals surface area (Å²) in [5, 5.41) is 1.40. The van der Waals surface area contributed by atoms with Crippen molar-refractivity contribution in [2.45, 2.75) is 20.0 Å². The average molecular weight is 435 g/mol. The zero-order chi connectivity index (χ0) is 19.7. The Morgan fingerprint density at radius 1 is 1.24 bits per heavy atom. The highest BCUT2D eigenvalue weighted by molar-refractivity contribution is 6.32. The van der Waals surface area contributed by atoms with E-state index in [0.717, 1.165) is 17.4 Å². The minimum atomic E-state index is -0.119. The average Bonchev–Trinajstić information content (AvgIpc) is 3.28. The third kappa shape index (κ3) is 4.22. The van der Waals surface area contributed by atoms with Gasteiger partial charge < -0.3 is 19.8 Å². The lowest BCUT2D eigenvalue weighted by atomic mass is 9.90. The summed E-state index contributed by atoms with van der Waals surface area (Å²) in [4.78, 5) is 15.1. The highest BCUT2D eigenvalue weighted by Gasteiger charge is 2.37. The molecule has 0 radical (unpaired) electrons. The van der Waals surface area contributed by atoms with Crippen LogP contribution in [0.25, 0.3) is 11.0 Å². The number of nitrogens with zero attached hydrogens (tertiary/aromatic N) is 1. The van der Waals surface area contributed by atoms with Gasteiger partial charge in [0.2, 0.25) is 0 Å². The Labute approximate surface area is 181 Å². The molecular weight excluding hydrogens is 411 g/mol. The molecule has 1 atom stereocenters. The number of ether oxygens (including phenoxy) is 1. The summed E-state index contributed by atoms with van der Waals surface area (Å²) in [6.07, 6.45) is 0.890. The largest absolute Gasteiger partial charge is 0.487 e. The molecule has 0 aliphatic carbocycles. The summed E-state index contributed by atoms with van der Waals surface area (Å²) in [5.74, 6) is 0.783. The Balaban J connectivity index is 0.00000240. The number of benzene rings is 2. The van der Waals surface area contributed by atoms with E-state index in [0.29, 0.717) is 41.7 Å². The van der Waals surface area contributed by atoms with Crippen LogP contribution < -0.4 is 10.5 Å². The summed E-state index contributed by atoms with van der Waals surface area (Å²) in [7, 11) is 0. The molecule has 2 heterocycles. The zero-order valence-electron chi connectivity index (χ0n) is 16.2. The standard InChI is InChI=1S/C22H23ClN2O3.ClH/c1-22(13-24)10-11-25(14-22)21(26)20-16(15-6-2-4-8-18(15)28-20)12-27-19-9-5-3-7-17(19)23;/h2-9H,10-14,24H2,1H3;1H. The van der Waals surface area contributed by atoms with E-state index < -0.39 is 0 Å². The number of halogens is 2. The number of likely N-dealkylation sites (tertiary alicyclic amines) is 1. The van der Waals surface area contributed by atoms with Crippen molar-refractivity contribution in [2.24, 2.45) is 11.1 Å². The molecule has 1 aliphatic rings. The summed E-state index contributed by atoms with van der Waals surface area (Å²) in [6.45, 7) is 4.17. The second-order valence-electron chi connectivity index (χ2n) is 7.62. The van der Waals surface area contributed by atoms with E-state index >= 15 is 0 Å². The van der Waals surface area contributed by atoms with Crippen LogP contribution in [0, 0.1) is 5.41 Å². The lowest BCUT2D eigenvalue weighted by Gasteiger charge is -2.22. The van der Waals surface area contributed by atoms with Crippen molar-refractivity contribution in [3.05, 3.63) is 64.9 Å². The predicted molar refractivity (Wildman–Crippen MR) is 117 cm³/mol. The van der Waals surface area contributed by atoms with Gasteiger partial charge in [0.15, 0.2) is 5.76 Å². The van der Waals surface area contributed by atoms with Gasteiger partial charge in [-0.2, -0.15) is 0 Å². The first-order chi connectivity index (χ1) is 13.5. The van der Waals surface area contributed by atoms with Gasteiger partial charge in [0.05, 0.1) is 5.02 Å². The number of para-hydroxylation sites is 2. The number of fused-ring (bicyclic) bond motifs is 1. The molecule has 0 saturated carbocycles. The molecule has 1 amide bonds. The second kappa shape index (κ2) is 8.66. The van der Waals surface area contributed by atoms with Crippen molar-refractivity contribution in [1.29, 1.82) is 0 Å². The molecule has 0 bridgehead atoms. The molecule has 1 saturated heterocycles. The quantitative estimate of drug-likeness (QED) is 0.619. The van der Waals surface area contributed by atoms with Gasteiger partial charge in [-0.05, 0) is 36.6 Å². The molecule has 154 valence electrons. The zero-order valence-corrected chi connectivity index (χ0v) is 17.8. The number of carbonyl (C=O) groups excluding carboxylic acids is 1. The Morgan fingerprint density at radius 3 is 2.69 bits per heavy atom. The van der Waals surface area contributed by atoms with Crippen LogP contribution in [-0.2, 0) is 6.61 Å². The van der Waals surface area contributed by atoms with E-state index in [1.165, 1.54) is 0 Å². The van der Waals surface area contributed by atoms with Gasteiger partial charge in [0, 0.05) is 24.0 Å². The maximum atomic E-state index is 13.2. The van der Waals surface area contributed by atoms with Gasteiger partial charge >= 0.3 is 0 Å². The van der Waals surface area contributed by atoms with E-state index in [1.54, 1.807) is 12.1 Å². The van der Waals surface area contributed by atoms with Crippen LogP contribution in [0.15, 0.2) is 52.9 Å². The van der Waals surface area contributed by atoms with E-state index in [-0.39, 0.29) is 30.3 Å². The lowest BCUT2D eigenvalue weighted by Crippen LogP contribution is -2.34. The van der Waals surface area contributed by atoms with Gasteiger partial charge in [0.1, 0.15) is 17.9 Å². The number of carbonyl (C=O) groups is 1. The van der Waals surface area contributed by atoms with Gasteiger partial charge in [-0.3, -0.25) is 4.79 Å². The maximum Gasteiger partial charge on any atom is 0.290 e. The molecule has 7 heteroatoms. The van der Waals surface area contributed by atoms with Gasteiger partial charge in [-0.15, -0.1) is 12.4 Å². The van der Waals surface area contributed by atoms with E-state index in [2.05, 4.69) is 6.92 Å². The Kier molecular flexibility index (Phi) is 6.42. The first kappa shape index (κ1) is 21.5. The Hall–Kier alpha value is -2.21. The maximum absolute atomic E-state index is 13.2. The third-order valence-corrected chi connectivity index (χ3v) is 5.75. The molecule has 1 aliphatic heterocycles. The number of hydrogen-bond acceptors (Lipinski definition) is 4. The van der Waals surface area contributed by atoms with Crippen LogP contribution in [0.1, 0.15) is 29.5 Å². The Morgan fingerprint density at radius 2 is 1.97 bits per heavy atom. The summed E-state index contributed by atoms with van der Waals surface area (Å²) >= 11 is 6.20. The second-order valence-corrected chi connectivity index (χ2v) is 8.02. The van der Waals surface area contributed by atoms with Crippen molar-refractivity contribution >= 4 is 40.9 Å². The molecule has 4 rings (SSSR count). The van der Waals surface area contributed by atoms with Crippen LogP contribution in [0.5, 0.6) is 5.75 Å². The first-order valence-corrected chi connectivity index (χ1v) is 9.76. The molecule has 5 nitrogen and oxygen atoms in total. The highest BCUT2D eigenvalue weighted by atomic mass is 35.5. The van der Waals surface area contributed by atoms with Crippen molar-refractivity contribution in [1.82, 2.24) is 4.90 Å². The minimum Gasteiger partial charge on any atom is -0.487 e. The summed E-state index contributed by atoms with van der Waals surface area (Å²) in [5.41, 5.74) is 7.26. The van der Waals surface area contributed by atoms with Crippen LogP contribution in [-0.4, -0.2) is 30.4 Å². The van der Waals surface area contributed by atoms with Crippen molar-refractivity contribution in [3.8, 4) is 5.75 Å². The van der Waals surface area contributed by atoms with E-state index in [1.807, 2.05) is 41.3 Å². The Bertz CT molecular complexity index is 1020. The fourth-order valence-electron chi connectivity index (χ4n) is 3.63. The lowest BCUT2D eigenvalue weighted by molar-refractivity contribution is 0.0744. The SMILES string of the molecule is CC1(CN)CCN(C(=O)c2oc3ccccc3c2COc2ccccc2Cl)C1.Cl.